The summed E-state index contributed by atoms with van der Waals surface area (Å²) < 4.78 is 2.14. The second-order valence-corrected chi connectivity index (χ2v) is 5.77. The van der Waals surface area contributed by atoms with Crippen molar-refractivity contribution < 1.29 is 5.11 Å². The summed E-state index contributed by atoms with van der Waals surface area (Å²) in [5.74, 6) is 0.153. The second kappa shape index (κ2) is 5.92. The molecule has 1 aromatic heterocycles. The van der Waals surface area contributed by atoms with Crippen LogP contribution in [0.15, 0.2) is 54.7 Å². The van der Waals surface area contributed by atoms with Gasteiger partial charge in [0.15, 0.2) is 0 Å². The average Bonchev–Trinajstić information content (AvgIpc) is 2.82. The van der Waals surface area contributed by atoms with Crippen LogP contribution < -0.4 is 0 Å². The number of hydrogen-bond acceptors (Lipinski definition) is 1. The minimum absolute atomic E-state index is 0.153. The van der Waals surface area contributed by atoms with E-state index < -0.39 is 0 Å². The van der Waals surface area contributed by atoms with Gasteiger partial charge in [-0.3, -0.25) is 0 Å². The van der Waals surface area contributed by atoms with Crippen LogP contribution in [0.4, 0.5) is 0 Å². The van der Waals surface area contributed by atoms with Gasteiger partial charge in [0.2, 0.25) is 0 Å². The van der Waals surface area contributed by atoms with Gasteiger partial charge in [0.05, 0.1) is 0 Å². The average molecular weight is 300 g/mol. The molecule has 0 spiro atoms. The van der Waals surface area contributed by atoms with Crippen LogP contribution in [-0.4, -0.2) is 16.3 Å². The molecular formula is C18H18ClNO. The van der Waals surface area contributed by atoms with Crippen LogP contribution in [0.2, 0.25) is 5.02 Å². The number of benzene rings is 2. The number of halogens is 1. The minimum Gasteiger partial charge on any atom is -0.396 e. The number of hydrogen-bond donors (Lipinski definition) is 1. The van der Waals surface area contributed by atoms with Crippen LogP contribution in [0.1, 0.15) is 23.5 Å². The molecule has 0 saturated carbocycles. The van der Waals surface area contributed by atoms with Crippen molar-refractivity contribution >= 4 is 22.5 Å². The van der Waals surface area contributed by atoms with E-state index in [1.807, 2.05) is 24.3 Å². The van der Waals surface area contributed by atoms with E-state index in [-0.39, 0.29) is 12.5 Å². The molecule has 0 aliphatic heterocycles. The number of para-hydroxylation sites is 1. The predicted octanol–water partition coefficient (Wildman–Crippen LogP) is 4.35. The van der Waals surface area contributed by atoms with E-state index in [0.717, 1.165) is 10.6 Å². The van der Waals surface area contributed by atoms with Crippen molar-refractivity contribution in [2.45, 2.75) is 12.3 Å². The lowest BCUT2D eigenvalue weighted by molar-refractivity contribution is 0.282. The van der Waals surface area contributed by atoms with Gasteiger partial charge in [-0.1, -0.05) is 41.9 Å². The summed E-state index contributed by atoms with van der Waals surface area (Å²) in [6.07, 6.45) is 2.85. The van der Waals surface area contributed by atoms with Gasteiger partial charge >= 0.3 is 0 Å². The van der Waals surface area contributed by atoms with E-state index in [4.69, 9.17) is 11.6 Å². The molecule has 0 amide bonds. The van der Waals surface area contributed by atoms with E-state index in [1.54, 1.807) is 0 Å². The van der Waals surface area contributed by atoms with Gasteiger partial charge in [-0.2, -0.15) is 0 Å². The Morgan fingerprint density at radius 2 is 1.95 bits per heavy atom. The highest BCUT2D eigenvalue weighted by Gasteiger charge is 2.18. The Balaban J connectivity index is 2.16. The summed E-state index contributed by atoms with van der Waals surface area (Å²) in [7, 11) is 2.06. The highest BCUT2D eigenvalue weighted by molar-refractivity contribution is 6.30. The molecule has 2 aromatic carbocycles. The second-order valence-electron chi connectivity index (χ2n) is 5.33. The maximum atomic E-state index is 9.47. The standard InChI is InChI=1S/C18H18ClNO/c1-20-12-17(16-7-2-3-8-18(16)20)15(9-10-21)13-5-4-6-14(19)11-13/h2-8,11-12,15,21H,9-10H2,1H3/t15-/m0/s1. The van der Waals surface area contributed by atoms with Crippen LogP contribution >= 0.6 is 11.6 Å². The fourth-order valence-corrected chi connectivity index (χ4v) is 3.20. The number of aliphatic hydroxyl groups excluding tert-OH is 1. The first-order valence-electron chi connectivity index (χ1n) is 7.11. The van der Waals surface area contributed by atoms with E-state index in [1.165, 1.54) is 16.5 Å². The van der Waals surface area contributed by atoms with Crippen LogP contribution in [0, 0.1) is 0 Å². The van der Waals surface area contributed by atoms with Crippen molar-refractivity contribution in [3.8, 4) is 0 Å². The van der Waals surface area contributed by atoms with Gasteiger partial charge < -0.3 is 9.67 Å². The summed E-state index contributed by atoms with van der Waals surface area (Å²) >= 11 is 6.13. The number of nitrogens with zero attached hydrogens (tertiary/aromatic N) is 1. The van der Waals surface area contributed by atoms with Crippen LogP contribution in [-0.2, 0) is 7.05 Å². The number of aryl methyl sites for hydroxylation is 1. The van der Waals surface area contributed by atoms with Crippen LogP contribution in [0.25, 0.3) is 10.9 Å². The lowest BCUT2D eigenvalue weighted by Crippen LogP contribution is -2.03. The molecule has 0 fully saturated rings. The van der Waals surface area contributed by atoms with Crippen molar-refractivity contribution in [1.29, 1.82) is 0 Å². The first-order valence-corrected chi connectivity index (χ1v) is 7.49. The van der Waals surface area contributed by atoms with Crippen molar-refractivity contribution in [3.63, 3.8) is 0 Å². The molecule has 2 nitrogen and oxygen atoms in total. The molecular weight excluding hydrogens is 282 g/mol. The number of fused-ring (bicyclic) bond motifs is 1. The smallest absolute Gasteiger partial charge is 0.0480 e. The lowest BCUT2D eigenvalue weighted by Gasteiger charge is -2.16. The minimum atomic E-state index is 0.153. The summed E-state index contributed by atoms with van der Waals surface area (Å²) in [6, 6.07) is 16.3. The SMILES string of the molecule is Cn1cc([C@@H](CCO)c2cccc(Cl)c2)c2ccccc21. The highest BCUT2D eigenvalue weighted by Crippen LogP contribution is 2.34. The Morgan fingerprint density at radius 1 is 1.14 bits per heavy atom. The number of aromatic nitrogens is 1. The normalized spacial score (nSPS) is 12.7. The zero-order valence-corrected chi connectivity index (χ0v) is 12.7. The number of aliphatic hydroxyl groups is 1. The van der Waals surface area contributed by atoms with Gasteiger partial charge in [0.1, 0.15) is 0 Å². The van der Waals surface area contributed by atoms with Crippen molar-refractivity contribution in [3.05, 3.63) is 70.9 Å². The molecule has 0 aliphatic rings. The summed E-state index contributed by atoms with van der Waals surface area (Å²) in [5, 5.41) is 11.4. The Bertz CT molecular complexity index is 763. The molecule has 108 valence electrons. The van der Waals surface area contributed by atoms with E-state index >= 15 is 0 Å². The first kappa shape index (κ1) is 14.2. The highest BCUT2D eigenvalue weighted by atomic mass is 35.5. The van der Waals surface area contributed by atoms with Crippen molar-refractivity contribution in [2.24, 2.45) is 7.05 Å². The molecule has 0 aliphatic carbocycles. The molecule has 3 rings (SSSR count). The van der Waals surface area contributed by atoms with E-state index in [2.05, 4.69) is 42.1 Å². The van der Waals surface area contributed by atoms with Gasteiger partial charge in [0, 0.05) is 41.7 Å². The Kier molecular flexibility index (Phi) is 4.00. The molecule has 21 heavy (non-hydrogen) atoms. The van der Waals surface area contributed by atoms with Gasteiger partial charge in [0.25, 0.3) is 0 Å². The molecule has 0 saturated heterocycles. The third-order valence-electron chi connectivity index (χ3n) is 3.97. The van der Waals surface area contributed by atoms with Crippen molar-refractivity contribution in [1.82, 2.24) is 4.57 Å². The maximum Gasteiger partial charge on any atom is 0.0480 e. The lowest BCUT2D eigenvalue weighted by atomic mass is 9.88. The molecule has 0 bridgehead atoms. The molecule has 1 heterocycles. The van der Waals surface area contributed by atoms with Gasteiger partial charge in [-0.15, -0.1) is 0 Å². The van der Waals surface area contributed by atoms with Crippen LogP contribution in [0.5, 0.6) is 0 Å². The zero-order valence-electron chi connectivity index (χ0n) is 12.0. The largest absolute Gasteiger partial charge is 0.396 e. The van der Waals surface area contributed by atoms with E-state index in [0.29, 0.717) is 6.42 Å². The fraction of sp³-hybridized carbons (Fsp3) is 0.222. The first-order chi connectivity index (χ1) is 10.2. The summed E-state index contributed by atoms with van der Waals surface area (Å²) in [6.45, 7) is 0.153. The third kappa shape index (κ3) is 2.69. The Morgan fingerprint density at radius 3 is 2.71 bits per heavy atom. The van der Waals surface area contributed by atoms with Gasteiger partial charge in [-0.05, 0) is 35.7 Å². The van der Waals surface area contributed by atoms with Gasteiger partial charge in [-0.25, -0.2) is 0 Å². The van der Waals surface area contributed by atoms with Crippen molar-refractivity contribution in [2.75, 3.05) is 6.61 Å². The third-order valence-corrected chi connectivity index (χ3v) is 4.21. The zero-order chi connectivity index (χ0) is 14.8. The topological polar surface area (TPSA) is 25.2 Å². The Hall–Kier alpha value is -1.77. The maximum absolute atomic E-state index is 9.47. The quantitative estimate of drug-likeness (QED) is 0.761. The predicted molar refractivity (Wildman–Crippen MR) is 87.9 cm³/mol. The number of rotatable bonds is 4. The summed E-state index contributed by atoms with van der Waals surface area (Å²) in [4.78, 5) is 0. The Labute approximate surface area is 129 Å². The summed E-state index contributed by atoms with van der Waals surface area (Å²) in [5.41, 5.74) is 3.59. The molecule has 0 unspecified atom stereocenters. The molecule has 1 N–H and O–H groups in total. The van der Waals surface area contributed by atoms with Crippen LogP contribution in [0.3, 0.4) is 0 Å². The molecule has 0 radical (unpaired) electrons. The molecule has 1 atom stereocenters. The van der Waals surface area contributed by atoms with E-state index in [9.17, 15) is 5.11 Å². The molecule has 3 heteroatoms. The fourth-order valence-electron chi connectivity index (χ4n) is 3.00. The monoisotopic (exact) mass is 299 g/mol. The molecule has 3 aromatic rings.